The number of H-pyrrole nitrogens is 1. The number of aromatic amines is 1. The Morgan fingerprint density at radius 2 is 2.16 bits per heavy atom. The number of fused-ring (bicyclic) bond motifs is 1. The molecule has 0 bridgehead atoms. The monoisotopic (exact) mass is 273 g/mol. The standard InChI is InChI=1S/C16H16FNS/c1-2-3-4-13-7-11(10-19-13)15-9-18-16-8-12(17)5-6-14(15)16/h5-10,18H,2-4H2,1H3. The van der Waals surface area contributed by atoms with Crippen LogP contribution in [0.2, 0.25) is 0 Å². The van der Waals surface area contributed by atoms with Gasteiger partial charge in [-0.1, -0.05) is 13.3 Å². The van der Waals surface area contributed by atoms with E-state index in [0.29, 0.717) is 0 Å². The van der Waals surface area contributed by atoms with E-state index in [1.807, 2.05) is 23.6 Å². The van der Waals surface area contributed by atoms with Crippen molar-refractivity contribution in [1.82, 2.24) is 4.98 Å². The molecule has 19 heavy (non-hydrogen) atoms. The van der Waals surface area contributed by atoms with E-state index in [0.717, 1.165) is 22.9 Å². The molecule has 0 atom stereocenters. The second-order valence-electron chi connectivity index (χ2n) is 4.80. The zero-order chi connectivity index (χ0) is 13.2. The Bertz CT molecular complexity index is 696. The fourth-order valence-corrected chi connectivity index (χ4v) is 3.27. The number of aryl methyl sites for hydroxylation is 1. The number of thiophene rings is 1. The van der Waals surface area contributed by atoms with Crippen molar-refractivity contribution in [2.24, 2.45) is 0 Å². The highest BCUT2D eigenvalue weighted by molar-refractivity contribution is 7.10. The number of unbranched alkanes of at least 4 members (excludes halogenated alkanes) is 1. The molecule has 0 spiro atoms. The number of rotatable bonds is 4. The average Bonchev–Trinajstić information content (AvgIpc) is 3.01. The van der Waals surface area contributed by atoms with E-state index in [1.54, 1.807) is 6.07 Å². The summed E-state index contributed by atoms with van der Waals surface area (Å²) in [7, 11) is 0. The van der Waals surface area contributed by atoms with E-state index in [9.17, 15) is 4.39 Å². The van der Waals surface area contributed by atoms with Crippen LogP contribution in [0.5, 0.6) is 0 Å². The molecule has 1 nitrogen and oxygen atoms in total. The highest BCUT2D eigenvalue weighted by Crippen LogP contribution is 2.32. The topological polar surface area (TPSA) is 15.8 Å². The molecule has 0 aliphatic rings. The molecule has 0 amide bonds. The van der Waals surface area contributed by atoms with Crippen LogP contribution in [-0.4, -0.2) is 4.98 Å². The quantitative estimate of drug-likeness (QED) is 0.657. The van der Waals surface area contributed by atoms with Crippen molar-refractivity contribution >= 4 is 22.2 Å². The van der Waals surface area contributed by atoms with Crippen LogP contribution < -0.4 is 0 Å². The lowest BCUT2D eigenvalue weighted by Crippen LogP contribution is -1.77. The van der Waals surface area contributed by atoms with Crippen LogP contribution in [0.25, 0.3) is 22.0 Å². The highest BCUT2D eigenvalue weighted by atomic mass is 32.1. The van der Waals surface area contributed by atoms with Gasteiger partial charge in [-0.2, -0.15) is 0 Å². The summed E-state index contributed by atoms with van der Waals surface area (Å²) in [5.74, 6) is -0.199. The Balaban J connectivity index is 1.97. The van der Waals surface area contributed by atoms with Gasteiger partial charge in [0.15, 0.2) is 0 Å². The molecule has 1 aromatic carbocycles. The summed E-state index contributed by atoms with van der Waals surface area (Å²) >= 11 is 1.81. The summed E-state index contributed by atoms with van der Waals surface area (Å²) in [6, 6.07) is 7.17. The predicted octanol–water partition coefficient (Wildman–Crippen LogP) is 5.38. The van der Waals surface area contributed by atoms with E-state index in [4.69, 9.17) is 0 Å². The van der Waals surface area contributed by atoms with E-state index in [1.165, 1.54) is 29.3 Å². The molecule has 2 heterocycles. The van der Waals surface area contributed by atoms with Crippen molar-refractivity contribution in [3.05, 3.63) is 46.5 Å². The first-order valence-electron chi connectivity index (χ1n) is 6.62. The third kappa shape index (κ3) is 2.43. The Kier molecular flexibility index (Phi) is 3.38. The Hall–Kier alpha value is -1.61. The molecule has 0 fully saturated rings. The summed E-state index contributed by atoms with van der Waals surface area (Å²) in [6.45, 7) is 2.21. The first-order valence-corrected chi connectivity index (χ1v) is 7.50. The SMILES string of the molecule is CCCCc1cc(-c2c[nH]c3cc(F)ccc23)cs1. The maximum Gasteiger partial charge on any atom is 0.125 e. The van der Waals surface area contributed by atoms with Crippen LogP contribution in [0, 0.1) is 5.82 Å². The highest BCUT2D eigenvalue weighted by Gasteiger charge is 2.08. The smallest absolute Gasteiger partial charge is 0.125 e. The second-order valence-corrected chi connectivity index (χ2v) is 5.79. The van der Waals surface area contributed by atoms with Crippen LogP contribution in [0.1, 0.15) is 24.6 Å². The molecule has 3 heteroatoms. The number of hydrogen-bond donors (Lipinski definition) is 1. The normalized spacial score (nSPS) is 11.3. The van der Waals surface area contributed by atoms with Gasteiger partial charge >= 0.3 is 0 Å². The third-order valence-corrected chi connectivity index (χ3v) is 4.38. The number of nitrogens with one attached hydrogen (secondary N) is 1. The van der Waals surface area contributed by atoms with Gasteiger partial charge in [-0.3, -0.25) is 0 Å². The predicted molar refractivity (Wildman–Crippen MR) is 80.2 cm³/mol. The molecule has 0 aliphatic carbocycles. The van der Waals surface area contributed by atoms with Crippen LogP contribution >= 0.6 is 11.3 Å². The molecule has 98 valence electrons. The lowest BCUT2D eigenvalue weighted by Gasteiger charge is -1.96. The van der Waals surface area contributed by atoms with Gasteiger partial charge in [0.2, 0.25) is 0 Å². The fourth-order valence-electron chi connectivity index (χ4n) is 2.34. The van der Waals surface area contributed by atoms with Crippen molar-refractivity contribution in [3.8, 4) is 11.1 Å². The number of halogens is 1. The largest absolute Gasteiger partial charge is 0.360 e. The number of hydrogen-bond acceptors (Lipinski definition) is 1. The Morgan fingerprint density at radius 1 is 1.26 bits per heavy atom. The van der Waals surface area contributed by atoms with Crippen molar-refractivity contribution in [1.29, 1.82) is 0 Å². The Morgan fingerprint density at radius 3 is 3.00 bits per heavy atom. The molecule has 3 aromatic rings. The van der Waals surface area contributed by atoms with Crippen molar-refractivity contribution < 1.29 is 4.39 Å². The van der Waals surface area contributed by atoms with E-state index in [2.05, 4.69) is 23.4 Å². The maximum atomic E-state index is 13.2. The van der Waals surface area contributed by atoms with Gasteiger partial charge in [0.1, 0.15) is 5.82 Å². The molecular weight excluding hydrogens is 257 g/mol. The van der Waals surface area contributed by atoms with Gasteiger partial charge in [-0.05, 0) is 48.1 Å². The van der Waals surface area contributed by atoms with E-state index >= 15 is 0 Å². The zero-order valence-corrected chi connectivity index (χ0v) is 11.7. The minimum Gasteiger partial charge on any atom is -0.360 e. The van der Waals surface area contributed by atoms with Crippen molar-refractivity contribution in [3.63, 3.8) is 0 Å². The van der Waals surface area contributed by atoms with Crippen LogP contribution in [0.4, 0.5) is 4.39 Å². The molecule has 2 aromatic heterocycles. The van der Waals surface area contributed by atoms with Gasteiger partial charge in [0, 0.05) is 27.5 Å². The minimum atomic E-state index is -0.199. The van der Waals surface area contributed by atoms with Crippen LogP contribution in [-0.2, 0) is 6.42 Å². The summed E-state index contributed by atoms with van der Waals surface area (Å²) < 4.78 is 13.2. The van der Waals surface area contributed by atoms with Crippen molar-refractivity contribution in [2.75, 3.05) is 0 Å². The van der Waals surface area contributed by atoms with Gasteiger partial charge in [0.25, 0.3) is 0 Å². The molecule has 0 saturated heterocycles. The summed E-state index contributed by atoms with van der Waals surface area (Å²) in [5.41, 5.74) is 3.25. The van der Waals surface area contributed by atoms with Gasteiger partial charge in [-0.15, -0.1) is 11.3 Å². The Labute approximate surface area is 116 Å². The first kappa shape index (κ1) is 12.4. The van der Waals surface area contributed by atoms with Gasteiger partial charge in [-0.25, -0.2) is 4.39 Å². The maximum absolute atomic E-state index is 13.2. The van der Waals surface area contributed by atoms with E-state index in [-0.39, 0.29) is 5.82 Å². The second kappa shape index (κ2) is 5.17. The first-order chi connectivity index (χ1) is 9.28. The molecule has 1 N–H and O–H groups in total. The van der Waals surface area contributed by atoms with Gasteiger partial charge in [0.05, 0.1) is 0 Å². The average molecular weight is 273 g/mol. The van der Waals surface area contributed by atoms with E-state index < -0.39 is 0 Å². The third-order valence-electron chi connectivity index (χ3n) is 3.39. The lowest BCUT2D eigenvalue weighted by molar-refractivity contribution is 0.629. The fraction of sp³-hybridized carbons (Fsp3) is 0.250. The molecule has 0 aliphatic heterocycles. The van der Waals surface area contributed by atoms with Crippen LogP contribution in [0.3, 0.4) is 0 Å². The molecule has 0 radical (unpaired) electrons. The summed E-state index contributed by atoms with van der Waals surface area (Å²) in [6.07, 6.45) is 5.58. The van der Waals surface area contributed by atoms with Gasteiger partial charge < -0.3 is 4.98 Å². The minimum absolute atomic E-state index is 0.199. The zero-order valence-electron chi connectivity index (χ0n) is 10.9. The molecule has 3 rings (SSSR count). The summed E-state index contributed by atoms with van der Waals surface area (Å²) in [4.78, 5) is 4.57. The lowest BCUT2D eigenvalue weighted by atomic mass is 10.1. The van der Waals surface area contributed by atoms with Crippen molar-refractivity contribution in [2.45, 2.75) is 26.2 Å². The van der Waals surface area contributed by atoms with Crippen LogP contribution in [0.15, 0.2) is 35.8 Å². The number of benzene rings is 1. The number of aromatic nitrogens is 1. The molecular formula is C16H16FNS. The molecule has 0 saturated carbocycles. The summed E-state index contributed by atoms with van der Waals surface area (Å²) in [5, 5.41) is 3.28. The molecule has 0 unspecified atom stereocenters.